The summed E-state index contributed by atoms with van der Waals surface area (Å²) in [6.45, 7) is 1.75. The third kappa shape index (κ3) is 8.59. The van der Waals surface area contributed by atoms with E-state index in [1.807, 2.05) is 0 Å². The molecule has 28 heavy (non-hydrogen) atoms. The number of nitrogens with one attached hydrogen (secondary N) is 2. The molecule has 2 rings (SSSR count). The fourth-order valence-electron chi connectivity index (χ4n) is 2.67. The molecule has 2 N–H and O–H groups in total. The third-order valence-electron chi connectivity index (χ3n) is 4.26. The highest BCUT2D eigenvalue weighted by molar-refractivity contribution is 14.0. The normalized spacial score (nSPS) is 16.7. The van der Waals surface area contributed by atoms with Gasteiger partial charge in [-0.25, -0.2) is 9.38 Å². The summed E-state index contributed by atoms with van der Waals surface area (Å²) in [5.41, 5.74) is 0.681. The molecule has 1 aliphatic rings. The predicted octanol–water partition coefficient (Wildman–Crippen LogP) is 2.14. The van der Waals surface area contributed by atoms with Gasteiger partial charge in [-0.2, -0.15) is 0 Å². The number of hydrogen-bond acceptors (Lipinski definition) is 4. The third-order valence-corrected chi connectivity index (χ3v) is 4.26. The number of likely N-dealkylation sites (N-methyl/N-ethyl adjacent to an activating group) is 1. The number of nitrogens with zero attached hydrogens (tertiary/aromatic N) is 2. The zero-order chi connectivity index (χ0) is 19.6. The molecule has 7 nitrogen and oxygen atoms in total. The van der Waals surface area contributed by atoms with Gasteiger partial charge in [0.05, 0.1) is 26.3 Å². The molecule has 1 atom stereocenters. The number of guanidine groups is 1. The van der Waals surface area contributed by atoms with Crippen molar-refractivity contribution in [2.75, 3.05) is 40.9 Å². The quantitative estimate of drug-likeness (QED) is 0.336. The van der Waals surface area contributed by atoms with E-state index in [-0.39, 0.29) is 54.9 Å². The molecule has 1 aliphatic heterocycles. The minimum atomic E-state index is -0.375. The number of aliphatic imine (C=N–C) groups is 1. The lowest BCUT2D eigenvalue weighted by molar-refractivity contribution is -0.127. The summed E-state index contributed by atoms with van der Waals surface area (Å²) in [5, 5.41) is 6.24. The van der Waals surface area contributed by atoms with Crippen LogP contribution in [0.15, 0.2) is 23.2 Å². The van der Waals surface area contributed by atoms with Crippen LogP contribution >= 0.6 is 24.0 Å². The molecule has 0 aromatic heterocycles. The Morgan fingerprint density at radius 3 is 2.75 bits per heavy atom. The Balaban J connectivity index is 0.00000392. The van der Waals surface area contributed by atoms with E-state index < -0.39 is 0 Å². The van der Waals surface area contributed by atoms with Crippen LogP contribution in [0.5, 0.6) is 5.75 Å². The zero-order valence-electron chi connectivity index (χ0n) is 16.7. The molecular weight excluding hydrogens is 478 g/mol. The maximum absolute atomic E-state index is 13.6. The molecule has 1 aromatic rings. The fourth-order valence-corrected chi connectivity index (χ4v) is 2.67. The van der Waals surface area contributed by atoms with E-state index in [1.165, 1.54) is 24.1 Å². The van der Waals surface area contributed by atoms with Gasteiger partial charge in [0.15, 0.2) is 5.96 Å². The number of methoxy groups -OCH3 is 1. The van der Waals surface area contributed by atoms with E-state index in [4.69, 9.17) is 9.47 Å². The molecule has 0 bridgehead atoms. The van der Waals surface area contributed by atoms with Gasteiger partial charge >= 0.3 is 0 Å². The lowest BCUT2D eigenvalue weighted by atomic mass is 10.1. The van der Waals surface area contributed by atoms with E-state index in [9.17, 15) is 9.18 Å². The highest BCUT2D eigenvalue weighted by atomic mass is 127. The SMILES string of the molecule is COc1cc(F)cc(CN=C(NCC(=O)N(C)C)NCC2CCCCO2)c1.I. The van der Waals surface area contributed by atoms with Gasteiger partial charge in [0, 0.05) is 33.3 Å². The highest BCUT2D eigenvalue weighted by Crippen LogP contribution is 2.16. The summed E-state index contributed by atoms with van der Waals surface area (Å²) in [5.74, 6) is 0.495. The molecule has 0 saturated carbocycles. The van der Waals surface area contributed by atoms with Crippen molar-refractivity contribution in [1.82, 2.24) is 15.5 Å². The van der Waals surface area contributed by atoms with Crippen molar-refractivity contribution in [1.29, 1.82) is 0 Å². The monoisotopic (exact) mass is 508 g/mol. The van der Waals surface area contributed by atoms with Gasteiger partial charge in [-0.1, -0.05) is 0 Å². The standard InChI is InChI=1S/C19H29FN4O3.HI/c1-24(2)18(25)13-23-19(22-12-16-6-4-5-7-27-16)21-11-14-8-15(20)10-17(9-14)26-3;/h8-10,16H,4-7,11-13H2,1-3H3,(H2,21,22,23);1H. The smallest absolute Gasteiger partial charge is 0.241 e. The molecule has 1 saturated heterocycles. The van der Waals surface area contributed by atoms with Gasteiger partial charge in [-0.05, 0) is 37.0 Å². The second-order valence-electron chi connectivity index (χ2n) is 6.68. The first-order valence-electron chi connectivity index (χ1n) is 9.15. The number of carbonyl (C=O) groups is 1. The maximum atomic E-state index is 13.6. The predicted molar refractivity (Wildman–Crippen MR) is 118 cm³/mol. The highest BCUT2D eigenvalue weighted by Gasteiger charge is 2.14. The minimum absolute atomic E-state index is 0. The van der Waals surface area contributed by atoms with Crippen LogP contribution in [0.25, 0.3) is 0 Å². The largest absolute Gasteiger partial charge is 0.497 e. The van der Waals surface area contributed by atoms with E-state index in [0.29, 0.717) is 23.8 Å². The van der Waals surface area contributed by atoms with Gasteiger partial charge in [-0.3, -0.25) is 4.79 Å². The number of hydrogen-bond donors (Lipinski definition) is 2. The van der Waals surface area contributed by atoms with Crippen LogP contribution < -0.4 is 15.4 Å². The van der Waals surface area contributed by atoms with Crippen molar-refractivity contribution < 1.29 is 18.7 Å². The molecule has 1 fully saturated rings. The van der Waals surface area contributed by atoms with Crippen molar-refractivity contribution >= 4 is 35.8 Å². The average Bonchev–Trinajstić information content (AvgIpc) is 2.67. The summed E-state index contributed by atoms with van der Waals surface area (Å²) in [7, 11) is 4.89. The second-order valence-corrected chi connectivity index (χ2v) is 6.68. The molecule has 0 aliphatic carbocycles. The number of ether oxygens (including phenoxy) is 2. The molecule has 0 radical (unpaired) electrons. The van der Waals surface area contributed by atoms with Crippen LogP contribution in [-0.4, -0.2) is 63.8 Å². The van der Waals surface area contributed by atoms with E-state index in [0.717, 1.165) is 25.9 Å². The molecule has 0 spiro atoms. The van der Waals surface area contributed by atoms with Gasteiger partial charge in [0.2, 0.25) is 5.91 Å². The summed E-state index contributed by atoms with van der Waals surface area (Å²) < 4.78 is 24.4. The van der Waals surface area contributed by atoms with Crippen LogP contribution in [0.2, 0.25) is 0 Å². The van der Waals surface area contributed by atoms with Crippen LogP contribution in [0, 0.1) is 5.82 Å². The Labute approximate surface area is 183 Å². The average molecular weight is 508 g/mol. The van der Waals surface area contributed by atoms with Crippen LogP contribution in [-0.2, 0) is 16.1 Å². The van der Waals surface area contributed by atoms with Crippen LogP contribution in [0.1, 0.15) is 24.8 Å². The molecule has 1 heterocycles. The Bertz CT molecular complexity index is 652. The summed E-state index contributed by atoms with van der Waals surface area (Å²) in [6.07, 6.45) is 3.37. The maximum Gasteiger partial charge on any atom is 0.241 e. The summed E-state index contributed by atoms with van der Waals surface area (Å²) in [4.78, 5) is 17.8. The van der Waals surface area contributed by atoms with Gasteiger partial charge in [-0.15, -0.1) is 24.0 Å². The van der Waals surface area contributed by atoms with E-state index >= 15 is 0 Å². The van der Waals surface area contributed by atoms with Gasteiger partial charge < -0.3 is 25.0 Å². The number of halogens is 2. The van der Waals surface area contributed by atoms with Crippen molar-refractivity contribution in [3.63, 3.8) is 0 Å². The number of rotatable bonds is 7. The topological polar surface area (TPSA) is 75.2 Å². The van der Waals surface area contributed by atoms with Gasteiger partial charge in [0.1, 0.15) is 11.6 Å². The van der Waals surface area contributed by atoms with E-state index in [1.54, 1.807) is 20.2 Å². The number of benzene rings is 1. The lowest BCUT2D eigenvalue weighted by Gasteiger charge is -2.24. The summed E-state index contributed by atoms with van der Waals surface area (Å²) in [6, 6.07) is 4.47. The molecule has 158 valence electrons. The van der Waals surface area contributed by atoms with Crippen molar-refractivity contribution in [3.05, 3.63) is 29.6 Å². The fraction of sp³-hybridized carbons (Fsp3) is 0.579. The van der Waals surface area contributed by atoms with Crippen LogP contribution in [0.3, 0.4) is 0 Å². The molecule has 9 heteroatoms. The van der Waals surface area contributed by atoms with Crippen molar-refractivity contribution in [3.8, 4) is 5.75 Å². The first-order valence-corrected chi connectivity index (χ1v) is 9.15. The lowest BCUT2D eigenvalue weighted by Crippen LogP contribution is -2.45. The number of carbonyl (C=O) groups excluding carboxylic acids is 1. The Morgan fingerprint density at radius 2 is 2.11 bits per heavy atom. The Kier molecular flexibility index (Phi) is 11.1. The first kappa shape index (κ1) is 24.4. The molecule has 1 amide bonds. The van der Waals surface area contributed by atoms with Crippen LogP contribution in [0.4, 0.5) is 4.39 Å². The van der Waals surface area contributed by atoms with Crippen molar-refractivity contribution in [2.24, 2.45) is 4.99 Å². The molecule has 1 aromatic carbocycles. The minimum Gasteiger partial charge on any atom is -0.497 e. The molecule has 1 unspecified atom stereocenters. The van der Waals surface area contributed by atoms with E-state index in [2.05, 4.69) is 15.6 Å². The Hall–Kier alpha value is -1.62. The summed E-state index contributed by atoms with van der Waals surface area (Å²) >= 11 is 0. The van der Waals surface area contributed by atoms with Gasteiger partial charge in [0.25, 0.3) is 0 Å². The molecular formula is C19H30FIN4O3. The Morgan fingerprint density at radius 1 is 1.32 bits per heavy atom. The zero-order valence-corrected chi connectivity index (χ0v) is 19.0. The number of amides is 1. The second kappa shape index (κ2) is 12.8. The first-order chi connectivity index (χ1) is 13.0. The van der Waals surface area contributed by atoms with Crippen molar-refractivity contribution in [2.45, 2.75) is 31.9 Å².